The fourth-order valence-electron chi connectivity index (χ4n) is 3.10. The quantitative estimate of drug-likeness (QED) is 0.215. The van der Waals surface area contributed by atoms with Gasteiger partial charge in [-0.2, -0.15) is 5.10 Å². The minimum Gasteiger partial charge on any atom is -0.458 e. The Morgan fingerprint density at radius 3 is 1.83 bits per heavy atom. The number of carbonyl (C=O) groups excluding carboxylic acids is 2. The molecule has 1 N–H and O–H groups in total. The Kier molecular flexibility index (Phi) is 9.99. The summed E-state index contributed by atoms with van der Waals surface area (Å²) >= 11 is 0. The molecule has 7 heteroatoms. The number of esters is 1. The zero-order chi connectivity index (χ0) is 26.9. The topological polar surface area (TPSA) is 80.2 Å². The molecule has 1 unspecified atom stereocenters. The van der Waals surface area contributed by atoms with Gasteiger partial charge in [0.1, 0.15) is 5.60 Å². The maximum atomic E-state index is 13.5. The Morgan fingerprint density at radius 2 is 1.42 bits per heavy atom. The van der Waals surface area contributed by atoms with Crippen LogP contribution in [0.4, 0.5) is 4.79 Å². The van der Waals surface area contributed by atoms with Crippen LogP contribution in [-0.2, 0) is 14.3 Å². The summed E-state index contributed by atoms with van der Waals surface area (Å²) in [6.07, 6.45) is 0. The highest BCUT2D eigenvalue weighted by atomic mass is 16.6. The molecule has 0 aliphatic carbocycles. The minimum absolute atomic E-state index is 0.0427. The number of nitrogens with zero attached hydrogens (tertiary/aromatic N) is 2. The van der Waals surface area contributed by atoms with Gasteiger partial charge in [-0.1, -0.05) is 72.8 Å². The molecule has 36 heavy (non-hydrogen) atoms. The Balaban J connectivity index is 2.43. The fourth-order valence-corrected chi connectivity index (χ4v) is 3.10. The van der Waals surface area contributed by atoms with E-state index in [0.29, 0.717) is 5.71 Å². The lowest BCUT2D eigenvalue weighted by molar-refractivity contribution is -0.160. The minimum atomic E-state index is -1.02. The summed E-state index contributed by atoms with van der Waals surface area (Å²) in [6, 6.07) is 17.7. The van der Waals surface area contributed by atoms with Gasteiger partial charge in [-0.3, -0.25) is 0 Å². The van der Waals surface area contributed by atoms with E-state index < -0.39 is 29.2 Å². The molecule has 0 spiro atoms. The van der Waals surface area contributed by atoms with Crippen LogP contribution in [0.3, 0.4) is 0 Å². The Morgan fingerprint density at radius 1 is 0.917 bits per heavy atom. The largest absolute Gasteiger partial charge is 0.458 e. The van der Waals surface area contributed by atoms with E-state index in [4.69, 9.17) is 14.6 Å². The van der Waals surface area contributed by atoms with E-state index in [-0.39, 0.29) is 13.2 Å². The average Bonchev–Trinajstić information content (AvgIpc) is 2.78. The number of benzene rings is 2. The fraction of sp³-hybridized carbons (Fsp3) is 0.414. The van der Waals surface area contributed by atoms with Crippen molar-refractivity contribution >= 4 is 17.7 Å². The van der Waals surface area contributed by atoms with Crippen LogP contribution in [0.15, 0.2) is 77.9 Å². The van der Waals surface area contributed by atoms with Crippen LogP contribution in [-0.4, -0.2) is 53.1 Å². The number of urea groups is 1. The number of rotatable bonds is 9. The Hall–Kier alpha value is -3.45. The number of hydrazone groups is 1. The zero-order valence-corrected chi connectivity index (χ0v) is 22.5. The zero-order valence-electron chi connectivity index (χ0n) is 22.5. The molecule has 1 atom stereocenters. The summed E-state index contributed by atoms with van der Waals surface area (Å²) in [4.78, 5) is 26.4. The third-order valence-electron chi connectivity index (χ3n) is 4.64. The standard InChI is InChI=1S/C29H39N3O4/c1-21(2)19-32(31-25(22-15-11-9-12-16-22)23-17-13-10-14-18-23)27(34)30-24(20-35-28(3,4)5)26(33)36-29(6,7)8/h9-18,24H,1,19-20H2,2-8H3,(H,30,34). The summed E-state index contributed by atoms with van der Waals surface area (Å²) in [6.45, 7) is 16.9. The van der Waals surface area contributed by atoms with Crippen molar-refractivity contribution in [3.63, 3.8) is 0 Å². The Labute approximate surface area is 215 Å². The van der Waals surface area contributed by atoms with Crippen molar-refractivity contribution in [2.45, 2.75) is 65.7 Å². The first-order valence-corrected chi connectivity index (χ1v) is 12.0. The second-order valence-electron chi connectivity index (χ2n) is 10.7. The van der Waals surface area contributed by atoms with Gasteiger partial charge < -0.3 is 14.8 Å². The highest BCUT2D eigenvalue weighted by molar-refractivity contribution is 6.13. The normalized spacial score (nSPS) is 12.3. The SMILES string of the molecule is C=C(C)CN(N=C(c1ccccc1)c1ccccc1)C(=O)NC(COC(C)(C)C)C(=O)OC(C)(C)C. The smallest absolute Gasteiger partial charge is 0.338 e. The first-order chi connectivity index (χ1) is 16.7. The van der Waals surface area contributed by atoms with Gasteiger partial charge in [0, 0.05) is 11.1 Å². The molecular weight excluding hydrogens is 454 g/mol. The first kappa shape index (κ1) is 28.8. The lowest BCUT2D eigenvalue weighted by atomic mass is 10.0. The van der Waals surface area contributed by atoms with Gasteiger partial charge in [0.15, 0.2) is 6.04 Å². The van der Waals surface area contributed by atoms with Crippen LogP contribution in [0.1, 0.15) is 59.6 Å². The number of hydrogen-bond acceptors (Lipinski definition) is 5. The van der Waals surface area contributed by atoms with E-state index in [2.05, 4.69) is 11.9 Å². The Bertz CT molecular complexity index is 1010. The number of amides is 2. The molecule has 0 bridgehead atoms. The van der Waals surface area contributed by atoms with Gasteiger partial charge in [0.25, 0.3) is 0 Å². The number of carbonyl (C=O) groups is 2. The van der Waals surface area contributed by atoms with Crippen LogP contribution in [0.25, 0.3) is 0 Å². The molecule has 194 valence electrons. The van der Waals surface area contributed by atoms with Crippen molar-refractivity contribution in [1.82, 2.24) is 10.3 Å². The van der Waals surface area contributed by atoms with Crippen molar-refractivity contribution < 1.29 is 19.1 Å². The van der Waals surface area contributed by atoms with Crippen LogP contribution >= 0.6 is 0 Å². The summed E-state index contributed by atoms with van der Waals surface area (Å²) in [7, 11) is 0. The molecular formula is C29H39N3O4. The predicted molar refractivity (Wildman–Crippen MR) is 144 cm³/mol. The van der Waals surface area contributed by atoms with E-state index in [9.17, 15) is 9.59 Å². The van der Waals surface area contributed by atoms with Gasteiger partial charge in [0.2, 0.25) is 0 Å². The van der Waals surface area contributed by atoms with E-state index in [1.165, 1.54) is 5.01 Å². The molecule has 0 radical (unpaired) electrons. The maximum absolute atomic E-state index is 13.5. The van der Waals surface area contributed by atoms with Gasteiger partial charge in [0.05, 0.1) is 24.5 Å². The number of hydrogen-bond donors (Lipinski definition) is 1. The summed E-state index contributed by atoms with van der Waals surface area (Å²) in [5.41, 5.74) is 1.83. The van der Waals surface area contributed by atoms with Gasteiger partial charge in [-0.15, -0.1) is 0 Å². The van der Waals surface area contributed by atoms with Crippen molar-refractivity contribution in [1.29, 1.82) is 0 Å². The number of ether oxygens (including phenoxy) is 2. The molecule has 0 aliphatic heterocycles. The van der Waals surface area contributed by atoms with Crippen LogP contribution in [0, 0.1) is 0 Å². The van der Waals surface area contributed by atoms with Crippen LogP contribution < -0.4 is 5.32 Å². The molecule has 0 aliphatic rings. The van der Waals surface area contributed by atoms with E-state index in [1.54, 1.807) is 20.8 Å². The molecule has 2 aromatic carbocycles. The summed E-state index contributed by atoms with van der Waals surface area (Å²) < 4.78 is 11.4. The van der Waals surface area contributed by atoms with E-state index in [0.717, 1.165) is 16.7 Å². The molecule has 2 aromatic rings. The van der Waals surface area contributed by atoms with Crippen molar-refractivity contribution in [2.75, 3.05) is 13.2 Å². The van der Waals surface area contributed by atoms with Crippen molar-refractivity contribution in [3.8, 4) is 0 Å². The van der Waals surface area contributed by atoms with Crippen molar-refractivity contribution in [3.05, 3.63) is 83.9 Å². The molecule has 0 saturated carbocycles. The number of nitrogens with one attached hydrogen (secondary N) is 1. The highest BCUT2D eigenvalue weighted by Gasteiger charge is 2.30. The lowest BCUT2D eigenvalue weighted by Crippen LogP contribution is -2.51. The van der Waals surface area contributed by atoms with E-state index in [1.807, 2.05) is 88.4 Å². The van der Waals surface area contributed by atoms with Crippen molar-refractivity contribution in [2.24, 2.45) is 5.10 Å². The molecule has 0 fully saturated rings. The third-order valence-corrected chi connectivity index (χ3v) is 4.64. The summed E-state index contributed by atoms with van der Waals surface area (Å²) in [5.74, 6) is -0.578. The van der Waals surface area contributed by atoms with Gasteiger partial charge in [-0.25, -0.2) is 14.6 Å². The highest BCUT2D eigenvalue weighted by Crippen LogP contribution is 2.15. The second-order valence-corrected chi connectivity index (χ2v) is 10.7. The summed E-state index contributed by atoms with van der Waals surface area (Å²) in [5, 5.41) is 8.79. The maximum Gasteiger partial charge on any atom is 0.338 e. The van der Waals surface area contributed by atoms with Gasteiger partial charge in [-0.05, 0) is 48.5 Å². The molecule has 0 saturated heterocycles. The molecule has 2 rings (SSSR count). The van der Waals surface area contributed by atoms with E-state index >= 15 is 0 Å². The van der Waals surface area contributed by atoms with Gasteiger partial charge >= 0.3 is 12.0 Å². The predicted octanol–water partition coefficient (Wildman–Crippen LogP) is 5.55. The molecule has 2 amide bonds. The second kappa shape index (κ2) is 12.5. The molecule has 0 aromatic heterocycles. The van der Waals surface area contributed by atoms with Crippen LogP contribution in [0.2, 0.25) is 0 Å². The molecule has 7 nitrogen and oxygen atoms in total. The average molecular weight is 494 g/mol. The molecule has 0 heterocycles. The monoisotopic (exact) mass is 493 g/mol. The van der Waals surface area contributed by atoms with Crippen LogP contribution in [0.5, 0.6) is 0 Å². The lowest BCUT2D eigenvalue weighted by Gasteiger charge is -2.28. The third kappa shape index (κ3) is 10.0. The first-order valence-electron chi connectivity index (χ1n) is 12.0.